The van der Waals surface area contributed by atoms with Gasteiger partial charge in [-0.25, -0.2) is 0 Å². The first-order chi connectivity index (χ1) is 9.28. The number of allylic oxidation sites excluding steroid dienone is 1. The molecule has 0 amide bonds. The second-order valence-corrected chi connectivity index (χ2v) is 4.24. The third-order valence-corrected chi connectivity index (χ3v) is 2.80. The van der Waals surface area contributed by atoms with Crippen LogP contribution in [0.4, 0.5) is 0 Å². The van der Waals surface area contributed by atoms with Crippen molar-refractivity contribution in [2.45, 2.75) is 6.42 Å². The number of methoxy groups -OCH3 is 1. The number of ketones is 1. The number of hydrogen-bond acceptors (Lipinski definition) is 2. The van der Waals surface area contributed by atoms with Crippen LogP contribution in [0.1, 0.15) is 11.1 Å². The van der Waals surface area contributed by atoms with E-state index in [9.17, 15) is 4.79 Å². The third-order valence-electron chi connectivity index (χ3n) is 2.80. The molecule has 2 heteroatoms. The molecule has 0 atom stereocenters. The summed E-state index contributed by atoms with van der Waals surface area (Å²) in [5, 5.41) is 0. The van der Waals surface area contributed by atoms with Gasteiger partial charge in [0.25, 0.3) is 0 Å². The Balaban J connectivity index is 1.95. The molecule has 2 nitrogen and oxygen atoms in total. The van der Waals surface area contributed by atoms with Gasteiger partial charge in [0.05, 0.1) is 7.11 Å². The van der Waals surface area contributed by atoms with Crippen LogP contribution in [0.3, 0.4) is 0 Å². The molecule has 2 aromatic rings. The van der Waals surface area contributed by atoms with E-state index in [1.54, 1.807) is 13.2 Å². The van der Waals surface area contributed by atoms with Crippen LogP contribution in [-0.4, -0.2) is 12.9 Å². The van der Waals surface area contributed by atoms with Crippen molar-refractivity contribution in [2.75, 3.05) is 7.11 Å². The Kier molecular flexibility index (Phi) is 4.51. The zero-order valence-electron chi connectivity index (χ0n) is 10.9. The Morgan fingerprint density at radius 2 is 1.74 bits per heavy atom. The maximum absolute atomic E-state index is 11.8. The van der Waals surface area contributed by atoms with Crippen LogP contribution in [-0.2, 0) is 11.2 Å². The fourth-order valence-electron chi connectivity index (χ4n) is 1.76. The SMILES string of the molecule is COc1ccc(CC(=O)/C=C/c2ccccc2)cc1. The van der Waals surface area contributed by atoms with Gasteiger partial charge in [0, 0.05) is 6.42 Å². The average molecular weight is 252 g/mol. The lowest BCUT2D eigenvalue weighted by molar-refractivity contribution is -0.113. The van der Waals surface area contributed by atoms with Gasteiger partial charge < -0.3 is 4.74 Å². The van der Waals surface area contributed by atoms with E-state index in [1.807, 2.05) is 60.7 Å². The first-order valence-electron chi connectivity index (χ1n) is 6.17. The van der Waals surface area contributed by atoms with E-state index in [1.165, 1.54) is 0 Å². The molecule has 0 aliphatic rings. The maximum Gasteiger partial charge on any atom is 0.160 e. The Hall–Kier alpha value is -2.35. The van der Waals surface area contributed by atoms with Crippen LogP contribution in [0.15, 0.2) is 60.7 Å². The standard InChI is InChI=1S/C17H16O2/c1-19-17-11-8-15(9-12-17)13-16(18)10-7-14-5-3-2-4-6-14/h2-12H,13H2,1H3/b10-7+. The van der Waals surface area contributed by atoms with Crippen molar-refractivity contribution in [1.82, 2.24) is 0 Å². The number of ether oxygens (including phenoxy) is 1. The molecule has 0 heterocycles. The van der Waals surface area contributed by atoms with E-state index in [4.69, 9.17) is 4.74 Å². The summed E-state index contributed by atoms with van der Waals surface area (Å²) < 4.78 is 5.08. The Labute approximate surface area is 113 Å². The van der Waals surface area contributed by atoms with Crippen molar-refractivity contribution in [3.63, 3.8) is 0 Å². The lowest BCUT2D eigenvalue weighted by Gasteiger charge is -2.01. The number of benzene rings is 2. The molecule has 2 aromatic carbocycles. The maximum atomic E-state index is 11.8. The van der Waals surface area contributed by atoms with Crippen LogP contribution in [0.5, 0.6) is 5.75 Å². The third kappa shape index (κ3) is 4.11. The normalized spacial score (nSPS) is 10.6. The van der Waals surface area contributed by atoms with Crippen molar-refractivity contribution < 1.29 is 9.53 Å². The zero-order chi connectivity index (χ0) is 13.5. The lowest BCUT2D eigenvalue weighted by atomic mass is 10.1. The summed E-state index contributed by atoms with van der Waals surface area (Å²) in [6.45, 7) is 0. The molecule has 0 spiro atoms. The minimum Gasteiger partial charge on any atom is -0.497 e. The lowest BCUT2D eigenvalue weighted by Crippen LogP contribution is -1.98. The van der Waals surface area contributed by atoms with Crippen LogP contribution >= 0.6 is 0 Å². The highest BCUT2D eigenvalue weighted by Gasteiger charge is 2.00. The molecule has 0 radical (unpaired) electrons. The van der Waals surface area contributed by atoms with E-state index >= 15 is 0 Å². The molecule has 0 saturated carbocycles. The van der Waals surface area contributed by atoms with Gasteiger partial charge in [-0.3, -0.25) is 4.79 Å². The van der Waals surface area contributed by atoms with Gasteiger partial charge in [-0.2, -0.15) is 0 Å². The van der Waals surface area contributed by atoms with Gasteiger partial charge in [-0.05, 0) is 29.3 Å². The molecule has 0 N–H and O–H groups in total. The van der Waals surface area contributed by atoms with Gasteiger partial charge in [0.15, 0.2) is 5.78 Å². The highest BCUT2D eigenvalue weighted by Crippen LogP contribution is 2.12. The monoisotopic (exact) mass is 252 g/mol. The minimum atomic E-state index is 0.0917. The largest absolute Gasteiger partial charge is 0.497 e. The van der Waals surface area contributed by atoms with Crippen molar-refractivity contribution >= 4 is 11.9 Å². The summed E-state index contributed by atoms with van der Waals surface area (Å²) in [5.74, 6) is 0.894. The van der Waals surface area contributed by atoms with E-state index in [0.29, 0.717) is 6.42 Å². The highest BCUT2D eigenvalue weighted by atomic mass is 16.5. The first kappa shape index (κ1) is 13.1. The van der Waals surface area contributed by atoms with Gasteiger partial charge >= 0.3 is 0 Å². The second kappa shape index (κ2) is 6.55. The van der Waals surface area contributed by atoms with Crippen LogP contribution in [0, 0.1) is 0 Å². The topological polar surface area (TPSA) is 26.3 Å². The number of hydrogen-bond donors (Lipinski definition) is 0. The quantitative estimate of drug-likeness (QED) is 0.761. The number of carbonyl (C=O) groups is 1. The molecule has 0 saturated heterocycles. The van der Waals surface area contributed by atoms with E-state index < -0.39 is 0 Å². The Bertz CT molecular complexity index is 554. The van der Waals surface area contributed by atoms with Crippen molar-refractivity contribution in [3.8, 4) is 5.75 Å². The van der Waals surface area contributed by atoms with Crippen LogP contribution in [0.25, 0.3) is 6.08 Å². The highest BCUT2D eigenvalue weighted by molar-refractivity contribution is 5.95. The van der Waals surface area contributed by atoms with Gasteiger partial charge in [0.1, 0.15) is 5.75 Å². The van der Waals surface area contributed by atoms with Gasteiger partial charge in [0.2, 0.25) is 0 Å². The molecule has 19 heavy (non-hydrogen) atoms. The summed E-state index contributed by atoms with van der Waals surface area (Å²) >= 11 is 0. The summed E-state index contributed by atoms with van der Waals surface area (Å²) in [4.78, 5) is 11.8. The average Bonchev–Trinajstić information content (AvgIpc) is 2.47. The van der Waals surface area contributed by atoms with Crippen molar-refractivity contribution in [3.05, 3.63) is 71.8 Å². The summed E-state index contributed by atoms with van der Waals surface area (Å²) in [6.07, 6.45) is 3.87. The molecular formula is C17H16O2. The van der Waals surface area contributed by atoms with E-state index in [-0.39, 0.29) is 5.78 Å². The summed E-state index contributed by atoms with van der Waals surface area (Å²) in [7, 11) is 1.63. The number of carbonyl (C=O) groups excluding carboxylic acids is 1. The van der Waals surface area contributed by atoms with Crippen LogP contribution in [0.2, 0.25) is 0 Å². The van der Waals surface area contributed by atoms with E-state index in [0.717, 1.165) is 16.9 Å². The minimum absolute atomic E-state index is 0.0917. The van der Waals surface area contributed by atoms with Crippen LogP contribution < -0.4 is 4.74 Å². The smallest absolute Gasteiger partial charge is 0.160 e. The molecule has 0 unspecified atom stereocenters. The molecule has 0 bridgehead atoms. The molecule has 0 aliphatic carbocycles. The molecule has 96 valence electrons. The van der Waals surface area contributed by atoms with Gasteiger partial charge in [-0.15, -0.1) is 0 Å². The van der Waals surface area contributed by atoms with Crippen molar-refractivity contribution in [1.29, 1.82) is 0 Å². The molecule has 2 rings (SSSR count). The van der Waals surface area contributed by atoms with Crippen molar-refractivity contribution in [2.24, 2.45) is 0 Å². The Morgan fingerprint density at radius 1 is 1.05 bits per heavy atom. The molecule has 0 fully saturated rings. The predicted molar refractivity (Wildman–Crippen MR) is 77.2 cm³/mol. The first-order valence-corrected chi connectivity index (χ1v) is 6.17. The summed E-state index contributed by atoms with van der Waals surface area (Å²) in [5.41, 5.74) is 2.02. The summed E-state index contributed by atoms with van der Waals surface area (Å²) in [6, 6.07) is 17.3. The fraction of sp³-hybridized carbons (Fsp3) is 0.118. The molecular weight excluding hydrogens is 236 g/mol. The molecule has 0 aliphatic heterocycles. The Morgan fingerprint density at radius 3 is 2.37 bits per heavy atom. The molecule has 0 aromatic heterocycles. The predicted octanol–water partition coefficient (Wildman–Crippen LogP) is 3.52. The number of rotatable bonds is 5. The zero-order valence-corrected chi connectivity index (χ0v) is 10.9. The second-order valence-electron chi connectivity index (χ2n) is 4.24. The fourth-order valence-corrected chi connectivity index (χ4v) is 1.76. The van der Waals surface area contributed by atoms with Gasteiger partial charge in [-0.1, -0.05) is 48.5 Å². The van der Waals surface area contributed by atoms with E-state index in [2.05, 4.69) is 0 Å².